The van der Waals surface area contributed by atoms with E-state index < -0.39 is 0 Å². The fourth-order valence-corrected chi connectivity index (χ4v) is 1.13. The van der Waals surface area contributed by atoms with Crippen molar-refractivity contribution in [3.63, 3.8) is 0 Å². The number of hydrogen-bond acceptors (Lipinski definition) is 0. The second-order valence-corrected chi connectivity index (χ2v) is 2.45. The second kappa shape index (κ2) is 4.79. The molecule has 0 amide bonds. The van der Waals surface area contributed by atoms with Gasteiger partial charge >= 0.3 is 0 Å². The molecule has 1 aromatic heterocycles. The van der Waals surface area contributed by atoms with Crippen molar-refractivity contribution >= 4 is 0 Å². The summed E-state index contributed by atoms with van der Waals surface area (Å²) in [6.07, 6.45) is 1.93. The van der Waals surface area contributed by atoms with Crippen LogP contribution >= 0.6 is 0 Å². The van der Waals surface area contributed by atoms with Gasteiger partial charge in [-0.05, 0) is 17.7 Å². The van der Waals surface area contributed by atoms with Crippen LogP contribution in [-0.2, 0) is 0 Å². The van der Waals surface area contributed by atoms with Gasteiger partial charge in [0, 0.05) is 53.6 Å². The number of H-pyrrole nitrogens is 1. The molecule has 0 aliphatic rings. The topological polar surface area (TPSA) is 15.8 Å². The zero-order valence-electron chi connectivity index (χ0n) is 6.62. The van der Waals surface area contributed by atoms with E-state index in [0.29, 0.717) is 0 Å². The minimum Gasteiger partial charge on any atom is -0.361 e. The van der Waals surface area contributed by atoms with E-state index >= 15 is 0 Å². The maximum Gasteiger partial charge on any atom is 0.0453 e. The molecule has 0 atom stereocenters. The average Bonchev–Trinajstić information content (AvgIpc) is 2.58. The molecule has 0 saturated heterocycles. The van der Waals surface area contributed by atoms with Crippen LogP contribution in [0.5, 0.6) is 0 Å². The van der Waals surface area contributed by atoms with E-state index in [0.717, 1.165) is 0 Å². The Labute approximate surface area is 106 Å². The van der Waals surface area contributed by atoms with E-state index in [-0.39, 0.29) is 41.7 Å². The normalized spacial score (nSPS) is 9.00. The maximum atomic E-state index is 3.15. The molecule has 0 aliphatic carbocycles. The van der Waals surface area contributed by atoms with Gasteiger partial charge in [0.2, 0.25) is 0 Å². The van der Waals surface area contributed by atoms with Crippen LogP contribution < -0.4 is 0 Å². The van der Waals surface area contributed by atoms with Crippen LogP contribution in [0.25, 0.3) is 11.3 Å². The van der Waals surface area contributed by atoms with Gasteiger partial charge in [0.25, 0.3) is 0 Å². The SMILES string of the molecule is [Ce].c1ccc(-c2ccc[nH]2)cc1. The van der Waals surface area contributed by atoms with E-state index in [1.807, 2.05) is 30.5 Å². The summed E-state index contributed by atoms with van der Waals surface area (Å²) in [5.41, 5.74) is 2.41. The van der Waals surface area contributed by atoms with Crippen LogP contribution in [-0.4, -0.2) is 4.98 Å². The number of aromatic nitrogens is 1. The fraction of sp³-hybridized carbons (Fsp3) is 0. The number of benzene rings is 1. The number of rotatable bonds is 1. The summed E-state index contributed by atoms with van der Waals surface area (Å²) < 4.78 is 0. The predicted molar refractivity (Wildman–Crippen MR) is 46.2 cm³/mol. The van der Waals surface area contributed by atoms with Crippen LogP contribution in [0.3, 0.4) is 0 Å². The molecule has 58 valence electrons. The van der Waals surface area contributed by atoms with Crippen molar-refractivity contribution in [2.24, 2.45) is 0 Å². The van der Waals surface area contributed by atoms with Crippen molar-refractivity contribution < 1.29 is 41.7 Å². The van der Waals surface area contributed by atoms with E-state index in [1.165, 1.54) is 11.3 Å². The van der Waals surface area contributed by atoms with Crippen molar-refractivity contribution in [2.45, 2.75) is 0 Å². The Balaban J connectivity index is 0.000000720. The van der Waals surface area contributed by atoms with Crippen LogP contribution in [0, 0.1) is 41.7 Å². The second-order valence-electron chi connectivity index (χ2n) is 2.45. The summed E-state index contributed by atoms with van der Waals surface area (Å²) in [6, 6.07) is 14.3. The van der Waals surface area contributed by atoms with Gasteiger partial charge in [-0.3, -0.25) is 0 Å². The van der Waals surface area contributed by atoms with Gasteiger partial charge in [-0.15, -0.1) is 0 Å². The standard InChI is InChI=1S/C10H9N.Ce/c1-2-5-9(6-3-1)10-7-4-8-11-10;/h1-8,11H;. The molecule has 0 unspecified atom stereocenters. The molecule has 12 heavy (non-hydrogen) atoms. The first-order valence-corrected chi connectivity index (χ1v) is 3.65. The van der Waals surface area contributed by atoms with Gasteiger partial charge in [-0.25, -0.2) is 0 Å². The Morgan fingerprint density at radius 2 is 1.58 bits per heavy atom. The minimum atomic E-state index is 0. The molecule has 1 aromatic carbocycles. The molecule has 1 heterocycles. The van der Waals surface area contributed by atoms with Crippen molar-refractivity contribution in [2.75, 3.05) is 0 Å². The monoisotopic (exact) mass is 283 g/mol. The zero-order valence-corrected chi connectivity index (χ0v) is 9.76. The number of aromatic amines is 1. The molecule has 2 rings (SSSR count). The zero-order chi connectivity index (χ0) is 7.52. The summed E-state index contributed by atoms with van der Waals surface area (Å²) in [7, 11) is 0. The van der Waals surface area contributed by atoms with Gasteiger partial charge in [0.15, 0.2) is 0 Å². The van der Waals surface area contributed by atoms with E-state index in [2.05, 4.69) is 23.2 Å². The first kappa shape index (κ1) is 9.96. The Hall–Kier alpha value is -0.123. The minimum absolute atomic E-state index is 0. The molecule has 0 spiro atoms. The molecular formula is C10H9CeN. The summed E-state index contributed by atoms with van der Waals surface area (Å²) in [4.78, 5) is 3.15. The predicted octanol–water partition coefficient (Wildman–Crippen LogP) is 2.68. The first-order chi connectivity index (χ1) is 5.47. The Bertz CT molecular complexity index is 313. The fourth-order valence-electron chi connectivity index (χ4n) is 1.13. The molecule has 2 aromatic rings. The smallest absolute Gasteiger partial charge is 0.0453 e. The van der Waals surface area contributed by atoms with Crippen molar-refractivity contribution in [3.8, 4) is 11.3 Å². The maximum absolute atomic E-state index is 3.15. The van der Waals surface area contributed by atoms with Gasteiger partial charge in [0.05, 0.1) is 0 Å². The third-order valence-electron chi connectivity index (χ3n) is 1.68. The van der Waals surface area contributed by atoms with Gasteiger partial charge < -0.3 is 4.98 Å². The van der Waals surface area contributed by atoms with Crippen LogP contribution in [0.2, 0.25) is 0 Å². The van der Waals surface area contributed by atoms with Crippen LogP contribution in [0.4, 0.5) is 0 Å². The van der Waals surface area contributed by atoms with Gasteiger partial charge in [0.1, 0.15) is 0 Å². The Morgan fingerprint density at radius 1 is 0.833 bits per heavy atom. The molecule has 1 nitrogen and oxygen atoms in total. The molecule has 0 aliphatic heterocycles. The summed E-state index contributed by atoms with van der Waals surface area (Å²) in [6.45, 7) is 0. The Morgan fingerprint density at radius 3 is 2.17 bits per heavy atom. The average molecular weight is 283 g/mol. The van der Waals surface area contributed by atoms with E-state index in [1.54, 1.807) is 0 Å². The summed E-state index contributed by atoms with van der Waals surface area (Å²) in [5, 5.41) is 0. The molecule has 0 radical (unpaired) electrons. The van der Waals surface area contributed by atoms with Gasteiger partial charge in [-0.1, -0.05) is 30.3 Å². The number of nitrogens with one attached hydrogen (secondary N) is 1. The van der Waals surface area contributed by atoms with Crippen molar-refractivity contribution in [1.82, 2.24) is 4.98 Å². The molecule has 0 bridgehead atoms. The summed E-state index contributed by atoms with van der Waals surface area (Å²) >= 11 is 0. The molecular weight excluding hydrogens is 274 g/mol. The van der Waals surface area contributed by atoms with Crippen LogP contribution in [0.1, 0.15) is 0 Å². The molecule has 1 N–H and O–H groups in total. The quantitative estimate of drug-likeness (QED) is 0.828. The third-order valence-corrected chi connectivity index (χ3v) is 1.68. The summed E-state index contributed by atoms with van der Waals surface area (Å²) in [5.74, 6) is 0. The third kappa shape index (κ3) is 2.18. The molecule has 0 fully saturated rings. The van der Waals surface area contributed by atoms with E-state index in [9.17, 15) is 0 Å². The number of hydrogen-bond donors (Lipinski definition) is 1. The van der Waals surface area contributed by atoms with E-state index in [4.69, 9.17) is 0 Å². The van der Waals surface area contributed by atoms with Crippen molar-refractivity contribution in [3.05, 3.63) is 48.7 Å². The van der Waals surface area contributed by atoms with Gasteiger partial charge in [-0.2, -0.15) is 0 Å². The molecule has 2 heteroatoms. The largest absolute Gasteiger partial charge is 0.361 e. The van der Waals surface area contributed by atoms with Crippen molar-refractivity contribution in [1.29, 1.82) is 0 Å². The Kier molecular flexibility index (Phi) is 3.98. The molecule has 0 saturated carbocycles. The first-order valence-electron chi connectivity index (χ1n) is 3.65. The van der Waals surface area contributed by atoms with Crippen LogP contribution in [0.15, 0.2) is 48.7 Å².